The van der Waals surface area contributed by atoms with Gasteiger partial charge >= 0.3 is 5.69 Å². The van der Waals surface area contributed by atoms with Gasteiger partial charge in [-0.25, -0.2) is 4.79 Å². The summed E-state index contributed by atoms with van der Waals surface area (Å²) in [5.41, 5.74) is 5.12. The summed E-state index contributed by atoms with van der Waals surface area (Å²) in [6.45, 7) is 4.34. The van der Waals surface area contributed by atoms with Gasteiger partial charge in [-0.2, -0.15) is 0 Å². The zero-order chi connectivity index (χ0) is 20.2. The number of aromatic nitrogens is 2. The average molecular weight is 406 g/mol. The Morgan fingerprint density at radius 1 is 1.14 bits per heavy atom. The van der Waals surface area contributed by atoms with Crippen molar-refractivity contribution in [1.82, 2.24) is 9.13 Å². The number of carbonyl (C=O) groups excluding carboxylic acids is 1. The van der Waals surface area contributed by atoms with E-state index in [0.717, 1.165) is 22.3 Å². The summed E-state index contributed by atoms with van der Waals surface area (Å²) >= 11 is 1.74. The van der Waals surface area contributed by atoms with Crippen molar-refractivity contribution in [3.8, 4) is 0 Å². The molecule has 0 spiro atoms. The molecule has 0 radical (unpaired) electrons. The van der Waals surface area contributed by atoms with Crippen molar-refractivity contribution in [2.75, 3.05) is 11.5 Å². The van der Waals surface area contributed by atoms with Gasteiger partial charge in [0.2, 0.25) is 0 Å². The lowest BCUT2D eigenvalue weighted by Gasteiger charge is -2.56. The number of nitrogens with two attached hydrogens (primary N) is 1. The van der Waals surface area contributed by atoms with E-state index < -0.39 is 11.2 Å². The molecular formula is C21H31N3O3S. The molecule has 1 aromatic rings. The number of nitrogen functional groups attached to an aromatic ring is 1. The van der Waals surface area contributed by atoms with Gasteiger partial charge in [-0.15, -0.1) is 11.8 Å². The Balaban J connectivity index is 1.58. The number of rotatable bonds is 6. The van der Waals surface area contributed by atoms with Gasteiger partial charge in [0, 0.05) is 18.3 Å². The molecule has 2 N–H and O–H groups in total. The van der Waals surface area contributed by atoms with Gasteiger partial charge in [0.25, 0.3) is 5.56 Å². The summed E-state index contributed by atoms with van der Waals surface area (Å²) in [5, 5.41) is 0. The number of nitrogens with zero attached hydrogens (tertiary/aromatic N) is 2. The molecule has 4 bridgehead atoms. The van der Waals surface area contributed by atoms with Crippen molar-refractivity contribution in [3.63, 3.8) is 0 Å². The van der Waals surface area contributed by atoms with E-state index in [2.05, 4.69) is 0 Å². The number of hydrogen-bond acceptors (Lipinski definition) is 5. The predicted octanol–water partition coefficient (Wildman–Crippen LogP) is 2.67. The van der Waals surface area contributed by atoms with Gasteiger partial charge in [-0.3, -0.25) is 18.7 Å². The highest BCUT2D eigenvalue weighted by molar-refractivity contribution is 8.01. The normalized spacial score (nSPS) is 30.9. The highest BCUT2D eigenvalue weighted by Gasteiger charge is 2.51. The van der Waals surface area contributed by atoms with Gasteiger partial charge in [0.1, 0.15) is 11.4 Å². The molecule has 4 saturated carbocycles. The van der Waals surface area contributed by atoms with Crippen molar-refractivity contribution >= 4 is 23.4 Å². The third-order valence-electron chi connectivity index (χ3n) is 6.90. The Bertz CT molecular complexity index is 879. The van der Waals surface area contributed by atoms with E-state index in [1.54, 1.807) is 11.8 Å². The lowest BCUT2D eigenvalue weighted by atomic mass is 9.56. The Hall–Kier alpha value is -1.50. The van der Waals surface area contributed by atoms with Crippen molar-refractivity contribution in [2.24, 2.45) is 30.7 Å². The van der Waals surface area contributed by atoms with Crippen molar-refractivity contribution in [3.05, 3.63) is 26.4 Å². The van der Waals surface area contributed by atoms with Crippen LogP contribution in [-0.2, 0) is 13.6 Å². The lowest BCUT2D eigenvalue weighted by molar-refractivity contribution is 0.0383. The number of carbonyl (C=O) groups is 1. The number of Topliss-reactive ketones (excluding diaryl/α,β-unsaturated/α-hetero) is 1. The quantitative estimate of drug-likeness (QED) is 0.735. The van der Waals surface area contributed by atoms with Crippen LogP contribution in [0, 0.1) is 23.7 Å². The molecule has 1 aromatic heterocycles. The fourth-order valence-corrected chi connectivity index (χ4v) is 7.73. The molecule has 0 aliphatic heterocycles. The van der Waals surface area contributed by atoms with Crippen molar-refractivity contribution < 1.29 is 4.79 Å². The average Bonchev–Trinajstić information content (AvgIpc) is 2.61. The molecule has 0 unspecified atom stereocenters. The van der Waals surface area contributed by atoms with Crippen LogP contribution in [0.5, 0.6) is 0 Å². The largest absolute Gasteiger partial charge is 0.384 e. The van der Waals surface area contributed by atoms with Gasteiger partial charge in [-0.05, 0) is 62.2 Å². The van der Waals surface area contributed by atoms with Gasteiger partial charge in [-0.1, -0.05) is 13.8 Å². The zero-order valence-electron chi connectivity index (χ0n) is 17.1. The van der Waals surface area contributed by atoms with Crippen LogP contribution >= 0.6 is 11.8 Å². The molecule has 5 rings (SSSR count). The van der Waals surface area contributed by atoms with Gasteiger partial charge < -0.3 is 5.73 Å². The monoisotopic (exact) mass is 405 g/mol. The smallest absolute Gasteiger partial charge is 0.332 e. The third kappa shape index (κ3) is 3.36. The van der Waals surface area contributed by atoms with Crippen LogP contribution in [0.4, 0.5) is 5.82 Å². The number of hydrogen-bond donors (Lipinski definition) is 1. The van der Waals surface area contributed by atoms with E-state index in [1.807, 2.05) is 13.8 Å². The number of anilines is 1. The zero-order valence-corrected chi connectivity index (χ0v) is 17.9. The van der Waals surface area contributed by atoms with Crippen LogP contribution in [0.2, 0.25) is 0 Å². The maximum Gasteiger partial charge on any atom is 0.332 e. The number of ketones is 1. The maximum atomic E-state index is 13.1. The standard InChI is InChI=1S/C21H31N3O3S/c1-12(2)10-24-18(22)17(19(26)23(3)20(24)27)16(25)11-28-21-7-13-4-14(8-21)6-15(5-13)9-21/h12-15H,4-11,22H2,1-3H3. The first-order valence-electron chi connectivity index (χ1n) is 10.5. The highest BCUT2D eigenvalue weighted by atomic mass is 32.2. The van der Waals surface area contributed by atoms with E-state index in [-0.39, 0.29) is 33.6 Å². The van der Waals surface area contributed by atoms with E-state index in [1.165, 1.54) is 50.1 Å². The van der Waals surface area contributed by atoms with Crippen LogP contribution < -0.4 is 17.0 Å². The molecule has 4 fully saturated rings. The first-order valence-corrected chi connectivity index (χ1v) is 11.4. The molecule has 1 heterocycles. The maximum absolute atomic E-state index is 13.1. The molecule has 4 aliphatic rings. The Morgan fingerprint density at radius 2 is 1.68 bits per heavy atom. The summed E-state index contributed by atoms with van der Waals surface area (Å²) in [6.07, 6.45) is 7.70. The van der Waals surface area contributed by atoms with E-state index in [0.29, 0.717) is 6.54 Å². The second-order valence-electron chi connectivity index (χ2n) is 9.72. The molecule has 0 amide bonds. The molecular weight excluding hydrogens is 374 g/mol. The van der Waals surface area contributed by atoms with Gasteiger partial charge in [0.05, 0.1) is 5.75 Å². The molecule has 4 aliphatic carbocycles. The molecule has 0 saturated heterocycles. The Labute approximate surface area is 169 Å². The Morgan fingerprint density at radius 3 is 2.18 bits per heavy atom. The van der Waals surface area contributed by atoms with Crippen LogP contribution in [0.3, 0.4) is 0 Å². The summed E-state index contributed by atoms with van der Waals surface area (Å²) in [4.78, 5) is 38.1. The summed E-state index contributed by atoms with van der Waals surface area (Å²) in [7, 11) is 1.42. The van der Waals surface area contributed by atoms with E-state index in [4.69, 9.17) is 5.73 Å². The first kappa shape index (κ1) is 19.8. The highest BCUT2D eigenvalue weighted by Crippen LogP contribution is 2.60. The second kappa shape index (κ2) is 7.08. The van der Waals surface area contributed by atoms with Crippen LogP contribution in [0.25, 0.3) is 0 Å². The number of thioether (sulfide) groups is 1. The molecule has 6 nitrogen and oxygen atoms in total. The first-order chi connectivity index (χ1) is 13.2. The van der Waals surface area contributed by atoms with Crippen LogP contribution in [0.1, 0.15) is 62.7 Å². The molecule has 7 heteroatoms. The second-order valence-corrected chi connectivity index (χ2v) is 11.2. The Kier molecular flexibility index (Phi) is 5.01. The minimum atomic E-state index is -0.571. The fraction of sp³-hybridized carbons (Fsp3) is 0.762. The lowest BCUT2D eigenvalue weighted by Crippen LogP contribution is -2.49. The molecule has 0 aromatic carbocycles. The summed E-state index contributed by atoms with van der Waals surface area (Å²) < 4.78 is 2.59. The fourth-order valence-electron chi connectivity index (χ4n) is 6.09. The van der Waals surface area contributed by atoms with Crippen molar-refractivity contribution in [2.45, 2.75) is 63.7 Å². The molecule has 0 atom stereocenters. The van der Waals surface area contributed by atoms with Crippen molar-refractivity contribution in [1.29, 1.82) is 0 Å². The molecule has 28 heavy (non-hydrogen) atoms. The van der Waals surface area contributed by atoms with E-state index >= 15 is 0 Å². The molecule has 154 valence electrons. The minimum absolute atomic E-state index is 0.0139. The SMILES string of the molecule is CC(C)Cn1c(N)c(C(=O)CSC23CC4CC(CC(C4)C2)C3)c(=O)n(C)c1=O. The summed E-state index contributed by atoms with van der Waals surface area (Å²) in [6, 6.07) is 0. The summed E-state index contributed by atoms with van der Waals surface area (Å²) in [5.74, 6) is 2.70. The van der Waals surface area contributed by atoms with E-state index in [9.17, 15) is 14.4 Å². The van der Waals surface area contributed by atoms with Crippen LogP contribution in [0.15, 0.2) is 9.59 Å². The topological polar surface area (TPSA) is 87.1 Å². The van der Waals surface area contributed by atoms with Gasteiger partial charge in [0.15, 0.2) is 5.78 Å². The minimum Gasteiger partial charge on any atom is -0.384 e. The van der Waals surface area contributed by atoms with Crippen LogP contribution in [-0.4, -0.2) is 25.4 Å². The third-order valence-corrected chi connectivity index (χ3v) is 8.42. The predicted molar refractivity (Wildman–Crippen MR) is 113 cm³/mol.